The first kappa shape index (κ1) is 22.8. The van der Waals surface area contributed by atoms with Crippen LogP contribution in [0.15, 0.2) is 65.6 Å². The summed E-state index contributed by atoms with van der Waals surface area (Å²) in [5.41, 5.74) is 0.914. The quantitative estimate of drug-likeness (QED) is 0.390. The van der Waals surface area contributed by atoms with Gasteiger partial charge < -0.3 is 19.5 Å². The third kappa shape index (κ3) is 9.53. The lowest BCUT2D eigenvalue weighted by atomic mass is 10.2. The van der Waals surface area contributed by atoms with E-state index in [1.165, 1.54) is 12.1 Å². The first-order valence-corrected chi connectivity index (χ1v) is 10.5. The second-order valence-corrected chi connectivity index (χ2v) is 7.42. The van der Waals surface area contributed by atoms with Crippen molar-refractivity contribution in [3.05, 3.63) is 66.2 Å². The number of amides is 1. The Bertz CT molecular complexity index is 813. The zero-order valence-corrected chi connectivity index (χ0v) is 16.8. The molecule has 1 N–H and O–H groups in total. The van der Waals surface area contributed by atoms with E-state index >= 15 is 0 Å². The fourth-order valence-electron chi connectivity index (χ4n) is 2.18. The maximum Gasteiger partial charge on any atom is 0.407 e. The van der Waals surface area contributed by atoms with E-state index in [0.717, 1.165) is 5.56 Å². The minimum Gasteiger partial charge on any atom is -0.445 e. The Morgan fingerprint density at radius 3 is 2.07 bits per heavy atom. The molecule has 2 rings (SSSR count). The molecule has 0 aliphatic carbocycles. The van der Waals surface area contributed by atoms with Gasteiger partial charge in [0.25, 0.3) is 10.1 Å². The average molecular weight is 423 g/mol. The average Bonchev–Trinajstić information content (AvgIpc) is 2.75. The molecule has 0 aliphatic heterocycles. The van der Waals surface area contributed by atoms with E-state index in [1.54, 1.807) is 18.2 Å². The van der Waals surface area contributed by atoms with Gasteiger partial charge in [-0.05, 0) is 17.7 Å². The lowest BCUT2D eigenvalue weighted by Gasteiger charge is -2.08. The second kappa shape index (κ2) is 12.9. The summed E-state index contributed by atoms with van der Waals surface area (Å²) in [6, 6.07) is 17.3. The van der Waals surface area contributed by atoms with Crippen molar-refractivity contribution in [2.24, 2.45) is 0 Å². The predicted molar refractivity (Wildman–Crippen MR) is 106 cm³/mol. The van der Waals surface area contributed by atoms with E-state index in [9.17, 15) is 13.2 Å². The van der Waals surface area contributed by atoms with Crippen LogP contribution in [0.1, 0.15) is 5.56 Å². The molecule has 0 aliphatic rings. The summed E-state index contributed by atoms with van der Waals surface area (Å²) < 4.78 is 44.3. The number of rotatable bonds is 13. The molecule has 0 radical (unpaired) electrons. The molecule has 8 nitrogen and oxygen atoms in total. The monoisotopic (exact) mass is 423 g/mol. The van der Waals surface area contributed by atoms with Gasteiger partial charge in [-0.1, -0.05) is 48.5 Å². The normalized spacial score (nSPS) is 11.2. The number of carbonyl (C=O) groups is 1. The van der Waals surface area contributed by atoms with E-state index in [1.807, 2.05) is 30.3 Å². The zero-order valence-electron chi connectivity index (χ0n) is 16.0. The largest absolute Gasteiger partial charge is 0.445 e. The number of alkyl carbamates (subject to hydrolysis) is 1. The molecule has 0 bridgehead atoms. The Morgan fingerprint density at radius 2 is 1.38 bits per heavy atom. The van der Waals surface area contributed by atoms with E-state index in [2.05, 4.69) is 5.32 Å². The number of benzene rings is 2. The van der Waals surface area contributed by atoms with E-state index in [-0.39, 0.29) is 31.3 Å². The molecular weight excluding hydrogens is 398 g/mol. The van der Waals surface area contributed by atoms with Gasteiger partial charge in [-0.15, -0.1) is 0 Å². The lowest BCUT2D eigenvalue weighted by Crippen LogP contribution is -2.28. The van der Waals surface area contributed by atoms with Gasteiger partial charge >= 0.3 is 6.09 Å². The highest BCUT2D eigenvalue weighted by atomic mass is 32.2. The summed E-state index contributed by atoms with van der Waals surface area (Å²) >= 11 is 0. The van der Waals surface area contributed by atoms with Crippen molar-refractivity contribution >= 4 is 16.2 Å². The number of carbonyl (C=O) groups excluding carboxylic acids is 1. The third-order valence-corrected chi connectivity index (χ3v) is 4.93. The number of hydrogen-bond donors (Lipinski definition) is 1. The Morgan fingerprint density at radius 1 is 0.793 bits per heavy atom. The summed E-state index contributed by atoms with van der Waals surface area (Å²) in [7, 11) is -3.76. The molecule has 0 saturated heterocycles. The van der Waals surface area contributed by atoms with Crippen LogP contribution in [0.25, 0.3) is 0 Å². The summed E-state index contributed by atoms with van der Waals surface area (Å²) in [4.78, 5) is 11.6. The van der Waals surface area contributed by atoms with Crippen molar-refractivity contribution in [2.75, 3.05) is 39.6 Å². The first-order valence-electron chi connectivity index (χ1n) is 9.12. The van der Waals surface area contributed by atoms with E-state index in [4.69, 9.17) is 18.4 Å². The molecule has 0 atom stereocenters. The van der Waals surface area contributed by atoms with Crippen LogP contribution in [0.5, 0.6) is 0 Å². The molecule has 2 aromatic rings. The highest BCUT2D eigenvalue weighted by molar-refractivity contribution is 7.86. The highest BCUT2D eigenvalue weighted by Crippen LogP contribution is 2.10. The van der Waals surface area contributed by atoms with Crippen molar-refractivity contribution in [3.63, 3.8) is 0 Å². The molecular formula is C20H25NO7S. The fraction of sp³-hybridized carbons (Fsp3) is 0.350. The first-order chi connectivity index (χ1) is 14.1. The topological polar surface area (TPSA) is 100 Å². The van der Waals surface area contributed by atoms with Crippen LogP contribution in [0, 0.1) is 0 Å². The van der Waals surface area contributed by atoms with E-state index < -0.39 is 16.2 Å². The van der Waals surface area contributed by atoms with Gasteiger partial charge in [-0.2, -0.15) is 8.42 Å². The molecule has 158 valence electrons. The second-order valence-electron chi connectivity index (χ2n) is 5.80. The molecule has 0 aromatic heterocycles. The van der Waals surface area contributed by atoms with Gasteiger partial charge in [0.1, 0.15) is 6.61 Å². The molecule has 0 heterocycles. The van der Waals surface area contributed by atoms with Crippen LogP contribution >= 0.6 is 0 Å². The van der Waals surface area contributed by atoms with Gasteiger partial charge in [-0.25, -0.2) is 4.79 Å². The van der Waals surface area contributed by atoms with Gasteiger partial charge in [0.2, 0.25) is 0 Å². The van der Waals surface area contributed by atoms with Crippen molar-refractivity contribution < 1.29 is 31.6 Å². The standard InChI is InChI=1S/C20H25NO7S/c22-20(27-17-18-7-3-1-4-8-18)21-11-12-25-13-14-26-15-16-28-29(23,24)19-9-5-2-6-10-19/h1-10H,11-17H2,(H,21,22). The van der Waals surface area contributed by atoms with Crippen LogP contribution in [0.4, 0.5) is 4.79 Å². The molecule has 2 aromatic carbocycles. The molecule has 0 spiro atoms. The highest BCUT2D eigenvalue weighted by Gasteiger charge is 2.13. The van der Waals surface area contributed by atoms with Crippen molar-refractivity contribution in [2.45, 2.75) is 11.5 Å². The zero-order chi connectivity index (χ0) is 20.8. The van der Waals surface area contributed by atoms with E-state index in [0.29, 0.717) is 19.8 Å². The Kier molecular flexibility index (Phi) is 10.1. The van der Waals surface area contributed by atoms with Crippen LogP contribution in [0.3, 0.4) is 0 Å². The Balaban J connectivity index is 1.42. The maximum absolute atomic E-state index is 11.9. The van der Waals surface area contributed by atoms with Crippen LogP contribution in [-0.4, -0.2) is 54.1 Å². The Labute approximate surface area is 170 Å². The van der Waals surface area contributed by atoms with Gasteiger partial charge in [0.05, 0.1) is 37.9 Å². The van der Waals surface area contributed by atoms with Crippen LogP contribution < -0.4 is 5.32 Å². The molecule has 1 amide bonds. The molecule has 0 unspecified atom stereocenters. The van der Waals surface area contributed by atoms with Crippen molar-refractivity contribution in [3.8, 4) is 0 Å². The maximum atomic E-state index is 11.9. The minimum atomic E-state index is -3.76. The van der Waals surface area contributed by atoms with Crippen LogP contribution in [-0.2, 0) is 35.1 Å². The summed E-state index contributed by atoms with van der Waals surface area (Å²) in [6.07, 6.45) is -0.509. The smallest absolute Gasteiger partial charge is 0.407 e. The number of ether oxygens (including phenoxy) is 3. The van der Waals surface area contributed by atoms with Crippen LogP contribution in [0.2, 0.25) is 0 Å². The summed E-state index contributed by atoms with van der Waals surface area (Å²) in [6.45, 7) is 1.48. The fourth-order valence-corrected chi connectivity index (χ4v) is 3.09. The molecule has 9 heteroatoms. The minimum absolute atomic E-state index is 0.0773. The SMILES string of the molecule is O=C(NCCOCCOCCOS(=O)(=O)c1ccccc1)OCc1ccccc1. The lowest BCUT2D eigenvalue weighted by molar-refractivity contribution is 0.0376. The summed E-state index contributed by atoms with van der Waals surface area (Å²) in [5.74, 6) is 0. The predicted octanol–water partition coefficient (Wildman–Crippen LogP) is 2.35. The van der Waals surface area contributed by atoms with Gasteiger partial charge in [0.15, 0.2) is 0 Å². The van der Waals surface area contributed by atoms with Crippen molar-refractivity contribution in [1.29, 1.82) is 0 Å². The Hall–Kier alpha value is -2.46. The number of nitrogens with one attached hydrogen (secondary N) is 1. The summed E-state index contributed by atoms with van der Waals surface area (Å²) in [5, 5.41) is 2.58. The van der Waals surface area contributed by atoms with Crippen molar-refractivity contribution in [1.82, 2.24) is 5.32 Å². The third-order valence-electron chi connectivity index (χ3n) is 3.60. The van der Waals surface area contributed by atoms with Gasteiger partial charge in [0, 0.05) is 6.54 Å². The molecule has 29 heavy (non-hydrogen) atoms. The molecule has 0 fully saturated rings. The molecule has 0 saturated carbocycles. The number of hydrogen-bond acceptors (Lipinski definition) is 7. The van der Waals surface area contributed by atoms with Gasteiger partial charge in [-0.3, -0.25) is 4.18 Å².